The van der Waals surface area contributed by atoms with Crippen molar-refractivity contribution in [1.29, 1.82) is 0 Å². The molecule has 0 aromatic carbocycles. The molecule has 54 valence electrons. The van der Waals surface area contributed by atoms with Crippen LogP contribution in [0.3, 0.4) is 0 Å². The molecule has 0 aliphatic heterocycles. The van der Waals surface area contributed by atoms with Gasteiger partial charge in [-0.05, 0) is 13.3 Å². The fourth-order valence-corrected chi connectivity index (χ4v) is 1.94. The summed E-state index contributed by atoms with van der Waals surface area (Å²) in [5, 5.41) is 1.65. The number of rotatable bonds is 0. The normalized spacial score (nSPS) is 17.1. The lowest BCUT2D eigenvalue weighted by molar-refractivity contribution is 1.38. The fraction of sp³-hybridized carbons (Fsp3) is 0.444. The Morgan fingerprint density at radius 3 is 2.40 bits per heavy atom. The average molecular weight is 150 g/mol. The maximum Gasteiger partial charge on any atom is 0.00788 e. The first-order valence-corrected chi connectivity index (χ1v) is 6.21. The van der Waals surface area contributed by atoms with Crippen molar-refractivity contribution < 1.29 is 0 Å². The number of hydrogen-bond acceptors (Lipinski definition) is 0. The molecule has 10 heavy (non-hydrogen) atoms. The molecule has 0 aromatic rings. The van der Waals surface area contributed by atoms with Crippen LogP contribution in [0.2, 0.25) is 13.1 Å². The molecule has 0 nitrogen and oxygen atoms in total. The Bertz CT molecular complexity index is 215. The minimum atomic E-state index is -0.173. The molecule has 1 aliphatic carbocycles. The molecule has 0 unspecified atom stereocenters. The molecule has 0 atom stereocenters. The van der Waals surface area contributed by atoms with E-state index in [1.54, 1.807) is 5.17 Å². The monoisotopic (exact) mass is 150 g/mol. The van der Waals surface area contributed by atoms with Crippen LogP contribution in [-0.2, 0) is 0 Å². The van der Waals surface area contributed by atoms with Crippen molar-refractivity contribution in [2.45, 2.75) is 26.4 Å². The van der Waals surface area contributed by atoms with Crippen molar-refractivity contribution in [1.82, 2.24) is 0 Å². The van der Waals surface area contributed by atoms with E-state index in [9.17, 15) is 0 Å². The van der Waals surface area contributed by atoms with Crippen LogP contribution in [0.25, 0.3) is 0 Å². The molecule has 0 fully saturated rings. The van der Waals surface area contributed by atoms with Crippen LogP contribution in [-0.4, -0.2) is 13.6 Å². The Labute approximate surface area is 64.5 Å². The topological polar surface area (TPSA) is 0 Å². The Kier molecular flexibility index (Phi) is 2.38. The van der Waals surface area contributed by atoms with Gasteiger partial charge in [-0.1, -0.05) is 42.1 Å². The highest BCUT2D eigenvalue weighted by Crippen LogP contribution is 2.06. The predicted octanol–water partition coefficient (Wildman–Crippen LogP) is 2.40. The Balaban J connectivity index is 2.79. The van der Waals surface area contributed by atoms with E-state index in [0.717, 1.165) is 0 Å². The van der Waals surface area contributed by atoms with E-state index in [-0.39, 0.29) is 8.41 Å². The first-order chi connectivity index (χ1) is 4.70. The maximum atomic E-state index is 2.35. The lowest BCUT2D eigenvalue weighted by Gasteiger charge is -2.06. The highest BCUT2D eigenvalue weighted by molar-refractivity contribution is 6.71. The lowest BCUT2D eigenvalue weighted by atomic mass is 10.1. The summed E-state index contributed by atoms with van der Waals surface area (Å²) in [6, 6.07) is 0. The minimum Gasteiger partial charge on any atom is -0.0776 e. The van der Waals surface area contributed by atoms with Gasteiger partial charge in [-0.25, -0.2) is 0 Å². The van der Waals surface area contributed by atoms with E-state index in [1.165, 1.54) is 12.0 Å². The molecule has 1 heteroatoms. The molecule has 0 spiro atoms. The second-order valence-corrected chi connectivity index (χ2v) is 5.65. The molecule has 0 saturated heterocycles. The quantitative estimate of drug-likeness (QED) is 0.465. The SMILES string of the molecule is CC1=CCC(=[Si](C)C)C=C1. The van der Waals surface area contributed by atoms with Gasteiger partial charge in [0.05, 0.1) is 0 Å². The second kappa shape index (κ2) is 3.11. The summed E-state index contributed by atoms with van der Waals surface area (Å²) in [6.07, 6.45) is 8.02. The third-order valence-electron chi connectivity index (χ3n) is 1.83. The van der Waals surface area contributed by atoms with E-state index in [1.807, 2.05) is 0 Å². The maximum absolute atomic E-state index is 2.35. The van der Waals surface area contributed by atoms with Crippen LogP contribution in [0.15, 0.2) is 23.8 Å². The molecule has 1 aliphatic rings. The molecular formula is C9H14Si. The highest BCUT2D eigenvalue weighted by atomic mass is 28.2. The summed E-state index contributed by atoms with van der Waals surface area (Å²) in [4.78, 5) is 0. The van der Waals surface area contributed by atoms with Crippen LogP contribution in [0.5, 0.6) is 0 Å². The Morgan fingerprint density at radius 1 is 1.30 bits per heavy atom. The zero-order chi connectivity index (χ0) is 7.56. The van der Waals surface area contributed by atoms with Gasteiger partial charge in [-0.2, -0.15) is 0 Å². The van der Waals surface area contributed by atoms with Gasteiger partial charge in [-0.15, -0.1) is 0 Å². The minimum absolute atomic E-state index is 0.173. The molecule has 0 N–H and O–H groups in total. The molecule has 0 amide bonds. The zero-order valence-electron chi connectivity index (χ0n) is 6.94. The van der Waals surface area contributed by atoms with Crippen molar-refractivity contribution in [3.8, 4) is 0 Å². The molecule has 0 heterocycles. The smallest absolute Gasteiger partial charge is 0.00788 e. The first kappa shape index (κ1) is 7.67. The van der Waals surface area contributed by atoms with Gasteiger partial charge >= 0.3 is 0 Å². The Hall–Kier alpha value is -0.433. The van der Waals surface area contributed by atoms with Gasteiger partial charge < -0.3 is 0 Å². The largest absolute Gasteiger partial charge is 0.0776 e. The predicted molar refractivity (Wildman–Crippen MR) is 50.0 cm³/mol. The van der Waals surface area contributed by atoms with Crippen LogP contribution < -0.4 is 0 Å². The molecule has 1 rings (SSSR count). The fourth-order valence-electron chi connectivity index (χ4n) is 1.01. The molecule has 0 radical (unpaired) electrons. The van der Waals surface area contributed by atoms with Crippen LogP contribution in [0, 0.1) is 0 Å². The molecule has 0 saturated carbocycles. The average Bonchev–Trinajstić information content (AvgIpc) is 1.88. The number of hydrogen-bond donors (Lipinski definition) is 0. The van der Waals surface area contributed by atoms with E-state index in [4.69, 9.17) is 0 Å². The van der Waals surface area contributed by atoms with Crippen molar-refractivity contribution in [2.24, 2.45) is 0 Å². The van der Waals surface area contributed by atoms with Crippen molar-refractivity contribution in [3.05, 3.63) is 23.8 Å². The van der Waals surface area contributed by atoms with Crippen molar-refractivity contribution in [3.63, 3.8) is 0 Å². The van der Waals surface area contributed by atoms with Gasteiger partial charge in [0.2, 0.25) is 0 Å². The van der Waals surface area contributed by atoms with Crippen molar-refractivity contribution >= 4 is 13.6 Å². The third kappa shape index (κ3) is 1.77. The highest BCUT2D eigenvalue weighted by Gasteiger charge is 1.97. The third-order valence-corrected chi connectivity index (χ3v) is 3.49. The van der Waals surface area contributed by atoms with E-state index in [2.05, 4.69) is 38.2 Å². The van der Waals surface area contributed by atoms with Gasteiger partial charge in [0.1, 0.15) is 0 Å². The van der Waals surface area contributed by atoms with Gasteiger partial charge in [-0.3, -0.25) is 0 Å². The molecule has 0 bridgehead atoms. The van der Waals surface area contributed by atoms with Gasteiger partial charge in [0.25, 0.3) is 0 Å². The zero-order valence-corrected chi connectivity index (χ0v) is 7.94. The first-order valence-electron chi connectivity index (χ1n) is 3.71. The molecular weight excluding hydrogens is 136 g/mol. The molecule has 0 aromatic heterocycles. The van der Waals surface area contributed by atoms with Crippen LogP contribution >= 0.6 is 0 Å². The summed E-state index contributed by atoms with van der Waals surface area (Å²) in [5.74, 6) is 0. The standard InChI is InChI=1S/C9H14Si/c1-8-4-6-9(7-5-8)10(2)3/h4-6H,7H2,1-3H3. The summed E-state index contributed by atoms with van der Waals surface area (Å²) >= 11 is 0. The van der Waals surface area contributed by atoms with Gasteiger partial charge in [0.15, 0.2) is 0 Å². The van der Waals surface area contributed by atoms with Crippen LogP contribution in [0.1, 0.15) is 13.3 Å². The Morgan fingerprint density at radius 2 is 2.00 bits per heavy atom. The summed E-state index contributed by atoms with van der Waals surface area (Å²) in [6.45, 7) is 6.85. The van der Waals surface area contributed by atoms with Crippen LogP contribution in [0.4, 0.5) is 0 Å². The van der Waals surface area contributed by atoms with E-state index in [0.29, 0.717) is 0 Å². The van der Waals surface area contributed by atoms with E-state index >= 15 is 0 Å². The van der Waals surface area contributed by atoms with Crippen molar-refractivity contribution in [2.75, 3.05) is 0 Å². The number of allylic oxidation sites excluding steroid dienone is 4. The lowest BCUT2D eigenvalue weighted by Crippen LogP contribution is -2.07. The van der Waals surface area contributed by atoms with E-state index < -0.39 is 0 Å². The summed E-state index contributed by atoms with van der Waals surface area (Å²) in [5.41, 5.74) is 1.41. The second-order valence-electron chi connectivity index (χ2n) is 3.01. The summed E-state index contributed by atoms with van der Waals surface area (Å²) in [7, 11) is -0.173. The summed E-state index contributed by atoms with van der Waals surface area (Å²) < 4.78 is 0. The van der Waals surface area contributed by atoms with Gasteiger partial charge in [0, 0.05) is 8.41 Å².